The van der Waals surface area contributed by atoms with Crippen molar-refractivity contribution in [3.8, 4) is 22.6 Å². The van der Waals surface area contributed by atoms with Crippen LogP contribution >= 0.6 is 0 Å². The SMILES string of the molecule is CCCS(=O)(=O)Nc1cccc(-c2ccc3nnc(-c4cccnc4)n3n2)c1. The van der Waals surface area contributed by atoms with Gasteiger partial charge in [-0.3, -0.25) is 9.71 Å². The number of anilines is 1. The quantitative estimate of drug-likeness (QED) is 0.539. The topological polar surface area (TPSA) is 102 Å². The van der Waals surface area contributed by atoms with E-state index in [2.05, 4.69) is 25.0 Å². The summed E-state index contributed by atoms with van der Waals surface area (Å²) < 4.78 is 28.3. The Balaban J connectivity index is 1.73. The van der Waals surface area contributed by atoms with Crippen molar-refractivity contribution in [1.29, 1.82) is 0 Å². The number of pyridine rings is 1. The molecule has 0 aliphatic carbocycles. The average Bonchev–Trinajstić information content (AvgIpc) is 3.11. The van der Waals surface area contributed by atoms with Crippen LogP contribution in [0.1, 0.15) is 13.3 Å². The van der Waals surface area contributed by atoms with Gasteiger partial charge in [0.2, 0.25) is 10.0 Å². The first-order valence-electron chi connectivity index (χ1n) is 8.79. The third kappa shape index (κ3) is 3.70. The van der Waals surface area contributed by atoms with Gasteiger partial charge in [0.1, 0.15) is 0 Å². The van der Waals surface area contributed by atoms with Crippen molar-refractivity contribution in [1.82, 2.24) is 24.8 Å². The molecular formula is C19H18N6O2S. The highest BCUT2D eigenvalue weighted by Crippen LogP contribution is 2.23. The van der Waals surface area contributed by atoms with Gasteiger partial charge in [-0.25, -0.2) is 8.42 Å². The standard InChI is InChI=1S/C19H18N6O2S/c1-2-11-28(26,27)24-16-7-3-5-14(12-16)17-8-9-18-21-22-19(25(18)23-17)15-6-4-10-20-13-15/h3-10,12-13,24H,2,11H2,1H3. The van der Waals surface area contributed by atoms with E-state index in [1.165, 1.54) is 0 Å². The highest BCUT2D eigenvalue weighted by Gasteiger charge is 2.12. The molecule has 8 nitrogen and oxygen atoms in total. The van der Waals surface area contributed by atoms with E-state index in [-0.39, 0.29) is 5.75 Å². The second-order valence-electron chi connectivity index (χ2n) is 6.26. The van der Waals surface area contributed by atoms with Gasteiger partial charge in [-0.05, 0) is 42.8 Å². The Morgan fingerprint density at radius 3 is 2.68 bits per heavy atom. The van der Waals surface area contributed by atoms with Gasteiger partial charge in [-0.2, -0.15) is 9.61 Å². The van der Waals surface area contributed by atoms with Crippen molar-refractivity contribution < 1.29 is 8.42 Å². The van der Waals surface area contributed by atoms with Crippen molar-refractivity contribution in [2.45, 2.75) is 13.3 Å². The minimum Gasteiger partial charge on any atom is -0.284 e. The predicted octanol–water partition coefficient (Wildman–Crippen LogP) is 3.01. The number of nitrogens with zero attached hydrogens (tertiary/aromatic N) is 5. The Morgan fingerprint density at radius 1 is 1.04 bits per heavy atom. The first kappa shape index (κ1) is 18.1. The molecule has 0 bridgehead atoms. The van der Waals surface area contributed by atoms with Gasteiger partial charge >= 0.3 is 0 Å². The number of rotatable bonds is 6. The maximum atomic E-state index is 12.0. The zero-order chi connectivity index (χ0) is 19.6. The molecule has 3 heterocycles. The van der Waals surface area contributed by atoms with E-state index >= 15 is 0 Å². The van der Waals surface area contributed by atoms with Crippen LogP contribution < -0.4 is 4.72 Å². The fourth-order valence-electron chi connectivity index (χ4n) is 2.86. The number of fused-ring (bicyclic) bond motifs is 1. The molecule has 28 heavy (non-hydrogen) atoms. The normalized spacial score (nSPS) is 11.6. The van der Waals surface area contributed by atoms with Gasteiger partial charge in [-0.15, -0.1) is 10.2 Å². The van der Waals surface area contributed by atoms with Crippen molar-refractivity contribution in [3.05, 3.63) is 60.9 Å². The molecule has 0 saturated heterocycles. The van der Waals surface area contributed by atoms with E-state index in [0.717, 1.165) is 11.1 Å². The average molecular weight is 394 g/mol. The smallest absolute Gasteiger partial charge is 0.232 e. The van der Waals surface area contributed by atoms with Gasteiger partial charge < -0.3 is 0 Å². The predicted molar refractivity (Wildman–Crippen MR) is 107 cm³/mol. The molecule has 0 aliphatic rings. The first-order valence-corrected chi connectivity index (χ1v) is 10.4. The van der Waals surface area contributed by atoms with Crippen LogP contribution in [0.15, 0.2) is 60.9 Å². The minimum atomic E-state index is -3.35. The summed E-state index contributed by atoms with van der Waals surface area (Å²) in [7, 11) is -3.35. The van der Waals surface area contributed by atoms with E-state index in [9.17, 15) is 8.42 Å². The maximum Gasteiger partial charge on any atom is 0.232 e. The molecule has 4 aromatic rings. The minimum absolute atomic E-state index is 0.0800. The Labute approximate surface area is 162 Å². The van der Waals surface area contributed by atoms with Crippen molar-refractivity contribution in [3.63, 3.8) is 0 Å². The summed E-state index contributed by atoms with van der Waals surface area (Å²) in [5.74, 6) is 0.668. The number of benzene rings is 1. The molecule has 0 spiro atoms. The zero-order valence-electron chi connectivity index (χ0n) is 15.1. The lowest BCUT2D eigenvalue weighted by atomic mass is 10.1. The molecule has 0 unspecified atom stereocenters. The molecule has 0 atom stereocenters. The van der Waals surface area contributed by atoms with Crippen LogP contribution in [0.5, 0.6) is 0 Å². The maximum absolute atomic E-state index is 12.0. The molecule has 0 amide bonds. The van der Waals surface area contributed by atoms with E-state index in [0.29, 0.717) is 29.3 Å². The lowest BCUT2D eigenvalue weighted by molar-refractivity contribution is 0.600. The summed E-state index contributed by atoms with van der Waals surface area (Å²) >= 11 is 0. The molecule has 1 N–H and O–H groups in total. The first-order chi connectivity index (χ1) is 13.6. The van der Waals surface area contributed by atoms with Crippen LogP contribution in [-0.4, -0.2) is 39.0 Å². The van der Waals surface area contributed by atoms with E-state index in [1.807, 2.05) is 37.3 Å². The van der Waals surface area contributed by atoms with E-state index in [4.69, 9.17) is 0 Å². The summed E-state index contributed by atoms with van der Waals surface area (Å²) in [6.45, 7) is 1.83. The Bertz CT molecular complexity index is 1220. The molecule has 4 rings (SSSR count). The summed E-state index contributed by atoms with van der Waals surface area (Å²) in [5, 5.41) is 13.0. The van der Waals surface area contributed by atoms with Gasteiger partial charge in [0, 0.05) is 29.2 Å². The second-order valence-corrected chi connectivity index (χ2v) is 8.10. The van der Waals surface area contributed by atoms with E-state index in [1.54, 1.807) is 35.1 Å². The van der Waals surface area contributed by atoms with Crippen molar-refractivity contribution in [2.75, 3.05) is 10.5 Å². The fraction of sp³-hybridized carbons (Fsp3) is 0.158. The number of aromatic nitrogens is 5. The van der Waals surface area contributed by atoms with Crippen LogP contribution in [0.25, 0.3) is 28.3 Å². The third-order valence-electron chi connectivity index (χ3n) is 4.09. The highest BCUT2D eigenvalue weighted by atomic mass is 32.2. The summed E-state index contributed by atoms with van der Waals surface area (Å²) in [4.78, 5) is 4.11. The van der Waals surface area contributed by atoms with E-state index < -0.39 is 10.0 Å². The van der Waals surface area contributed by atoms with Gasteiger partial charge in [0.05, 0.1) is 11.4 Å². The Morgan fingerprint density at radius 2 is 1.89 bits per heavy atom. The lowest BCUT2D eigenvalue weighted by Crippen LogP contribution is -2.16. The Kier molecular flexibility index (Phi) is 4.74. The molecule has 3 aromatic heterocycles. The molecule has 0 radical (unpaired) electrons. The molecule has 9 heteroatoms. The zero-order valence-corrected chi connectivity index (χ0v) is 16.0. The molecule has 142 valence electrons. The van der Waals surface area contributed by atoms with Crippen LogP contribution in [0.4, 0.5) is 5.69 Å². The van der Waals surface area contributed by atoms with Crippen LogP contribution in [0, 0.1) is 0 Å². The number of hydrogen-bond acceptors (Lipinski definition) is 6. The number of nitrogens with one attached hydrogen (secondary N) is 1. The van der Waals surface area contributed by atoms with Crippen molar-refractivity contribution >= 4 is 21.4 Å². The highest BCUT2D eigenvalue weighted by molar-refractivity contribution is 7.92. The second kappa shape index (κ2) is 7.35. The molecule has 0 fully saturated rings. The Hall–Kier alpha value is -3.33. The van der Waals surface area contributed by atoms with Crippen LogP contribution in [-0.2, 0) is 10.0 Å². The fourth-order valence-corrected chi connectivity index (χ4v) is 3.98. The third-order valence-corrected chi connectivity index (χ3v) is 5.58. The summed E-state index contributed by atoms with van der Waals surface area (Å²) in [6.07, 6.45) is 3.95. The number of hydrogen-bond donors (Lipinski definition) is 1. The summed E-state index contributed by atoms with van der Waals surface area (Å²) in [5.41, 5.74) is 3.38. The summed E-state index contributed by atoms with van der Waals surface area (Å²) in [6, 6.07) is 14.5. The van der Waals surface area contributed by atoms with Crippen LogP contribution in [0.3, 0.4) is 0 Å². The molecule has 1 aromatic carbocycles. The van der Waals surface area contributed by atoms with Gasteiger partial charge in [-0.1, -0.05) is 19.1 Å². The van der Waals surface area contributed by atoms with Gasteiger partial charge in [0.25, 0.3) is 0 Å². The van der Waals surface area contributed by atoms with Crippen LogP contribution in [0.2, 0.25) is 0 Å². The van der Waals surface area contributed by atoms with Crippen molar-refractivity contribution in [2.24, 2.45) is 0 Å². The molecular weight excluding hydrogens is 376 g/mol. The molecule has 0 saturated carbocycles. The monoisotopic (exact) mass is 394 g/mol. The van der Waals surface area contributed by atoms with Gasteiger partial charge in [0.15, 0.2) is 11.5 Å². The molecule has 0 aliphatic heterocycles. The lowest BCUT2D eigenvalue weighted by Gasteiger charge is -2.09. The largest absolute Gasteiger partial charge is 0.284 e. The number of sulfonamides is 1.